The fourth-order valence-electron chi connectivity index (χ4n) is 2.17. The maximum absolute atomic E-state index is 2.55. The number of fused-ring (bicyclic) bond motifs is 1. The molecule has 0 fully saturated rings. The molecular formula is C13H19NS. The van der Waals surface area contributed by atoms with E-state index in [-0.39, 0.29) is 5.54 Å². The molecule has 1 heterocycles. The highest BCUT2D eigenvalue weighted by Gasteiger charge is 2.35. The Morgan fingerprint density at radius 2 is 1.93 bits per heavy atom. The first-order valence-corrected chi connectivity index (χ1v) is 6.47. The Labute approximate surface area is 96.9 Å². The summed E-state index contributed by atoms with van der Waals surface area (Å²) >= 11 is 2.00. The van der Waals surface area contributed by atoms with E-state index in [1.807, 2.05) is 11.8 Å². The molecule has 1 unspecified atom stereocenters. The number of thioether (sulfide) groups is 1. The summed E-state index contributed by atoms with van der Waals surface area (Å²) < 4.78 is 0. The summed E-state index contributed by atoms with van der Waals surface area (Å²) in [7, 11) is 0. The Balaban J connectivity index is 2.43. The minimum atomic E-state index is 0.209. The molecule has 0 bridgehead atoms. The van der Waals surface area contributed by atoms with E-state index >= 15 is 0 Å². The number of nitrogens with zero attached hydrogens (tertiary/aromatic N) is 1. The molecule has 0 aliphatic carbocycles. The van der Waals surface area contributed by atoms with E-state index < -0.39 is 0 Å². The van der Waals surface area contributed by atoms with Crippen LogP contribution in [0.5, 0.6) is 0 Å². The minimum Gasteiger partial charge on any atom is -0.353 e. The molecule has 0 radical (unpaired) electrons. The summed E-state index contributed by atoms with van der Waals surface area (Å²) in [5.41, 5.74) is 1.61. The fraction of sp³-hybridized carbons (Fsp3) is 0.538. The van der Waals surface area contributed by atoms with Gasteiger partial charge in [0.2, 0.25) is 0 Å². The summed E-state index contributed by atoms with van der Waals surface area (Å²) in [6.07, 6.45) is 1.19. The molecule has 82 valence electrons. The second-order valence-electron chi connectivity index (χ2n) is 4.99. The van der Waals surface area contributed by atoms with Crippen molar-refractivity contribution in [1.29, 1.82) is 0 Å². The lowest BCUT2D eigenvalue weighted by Crippen LogP contribution is -2.44. The number of anilines is 1. The second-order valence-corrected chi connectivity index (χ2v) is 6.21. The van der Waals surface area contributed by atoms with Crippen molar-refractivity contribution in [2.24, 2.45) is 0 Å². The molecule has 1 aliphatic rings. The lowest BCUT2D eigenvalue weighted by atomic mass is 10.0. The van der Waals surface area contributed by atoms with Gasteiger partial charge in [0.1, 0.15) is 0 Å². The zero-order valence-corrected chi connectivity index (χ0v) is 10.8. The zero-order chi connectivity index (χ0) is 11.1. The van der Waals surface area contributed by atoms with Gasteiger partial charge in [-0.25, -0.2) is 0 Å². The van der Waals surface area contributed by atoms with Crippen LogP contribution >= 0.6 is 11.8 Å². The highest BCUT2D eigenvalue weighted by atomic mass is 32.2. The molecule has 0 N–H and O–H groups in total. The van der Waals surface area contributed by atoms with Crippen LogP contribution in [0, 0.1) is 0 Å². The lowest BCUT2D eigenvalue weighted by Gasteiger charge is -2.38. The van der Waals surface area contributed by atoms with E-state index in [2.05, 4.69) is 56.9 Å². The third-order valence-corrected chi connectivity index (χ3v) is 4.16. The number of rotatable bonds is 1. The largest absolute Gasteiger partial charge is 0.353 e. The highest BCUT2D eigenvalue weighted by molar-refractivity contribution is 8.00. The summed E-state index contributed by atoms with van der Waals surface area (Å²) in [6.45, 7) is 9.14. The van der Waals surface area contributed by atoms with Crippen LogP contribution in [0.4, 0.5) is 5.69 Å². The Hall–Kier alpha value is -0.630. The van der Waals surface area contributed by atoms with E-state index in [4.69, 9.17) is 0 Å². The van der Waals surface area contributed by atoms with Gasteiger partial charge in [-0.2, -0.15) is 0 Å². The maximum atomic E-state index is 2.55. The molecule has 15 heavy (non-hydrogen) atoms. The lowest BCUT2D eigenvalue weighted by molar-refractivity contribution is 0.489. The second kappa shape index (κ2) is 3.75. The van der Waals surface area contributed by atoms with Crippen LogP contribution in [0.15, 0.2) is 29.2 Å². The van der Waals surface area contributed by atoms with Crippen LogP contribution in [-0.4, -0.2) is 10.9 Å². The molecule has 1 aromatic rings. The molecule has 0 amide bonds. The summed E-state index contributed by atoms with van der Waals surface area (Å²) in [5.74, 6) is 0. The van der Waals surface area contributed by atoms with E-state index in [0.29, 0.717) is 5.37 Å². The summed E-state index contributed by atoms with van der Waals surface area (Å²) in [6, 6.07) is 8.73. The van der Waals surface area contributed by atoms with Gasteiger partial charge >= 0.3 is 0 Å². The van der Waals surface area contributed by atoms with Crippen LogP contribution in [-0.2, 0) is 0 Å². The predicted octanol–water partition coefficient (Wildman–Crippen LogP) is 4.13. The average molecular weight is 221 g/mol. The number of hydrogen-bond donors (Lipinski definition) is 0. The number of hydrogen-bond acceptors (Lipinski definition) is 2. The van der Waals surface area contributed by atoms with Crippen LogP contribution in [0.25, 0.3) is 0 Å². The van der Waals surface area contributed by atoms with E-state index in [9.17, 15) is 0 Å². The van der Waals surface area contributed by atoms with Crippen molar-refractivity contribution < 1.29 is 0 Å². The van der Waals surface area contributed by atoms with Gasteiger partial charge in [-0.15, -0.1) is 0 Å². The van der Waals surface area contributed by atoms with Crippen LogP contribution in [0.1, 0.15) is 34.1 Å². The first-order chi connectivity index (χ1) is 7.04. The van der Waals surface area contributed by atoms with Crippen molar-refractivity contribution >= 4 is 17.4 Å². The molecule has 0 saturated heterocycles. The van der Waals surface area contributed by atoms with Crippen molar-refractivity contribution in [3.05, 3.63) is 24.3 Å². The maximum Gasteiger partial charge on any atom is 0.0800 e. The van der Waals surface area contributed by atoms with Crippen molar-refractivity contribution in [1.82, 2.24) is 0 Å². The van der Waals surface area contributed by atoms with Gasteiger partial charge in [0.05, 0.1) is 11.1 Å². The quantitative estimate of drug-likeness (QED) is 0.701. The molecule has 1 aliphatic heterocycles. The smallest absolute Gasteiger partial charge is 0.0800 e. The first kappa shape index (κ1) is 10.9. The SMILES string of the molecule is CCC1Sc2ccccc2N1C(C)(C)C. The minimum absolute atomic E-state index is 0.209. The summed E-state index contributed by atoms with van der Waals surface area (Å²) in [4.78, 5) is 3.98. The molecule has 2 heteroatoms. The molecule has 1 atom stereocenters. The van der Waals surface area contributed by atoms with Crippen molar-refractivity contribution in [3.63, 3.8) is 0 Å². The van der Waals surface area contributed by atoms with Crippen LogP contribution in [0.2, 0.25) is 0 Å². The van der Waals surface area contributed by atoms with E-state index in [1.165, 1.54) is 17.0 Å². The van der Waals surface area contributed by atoms with Gasteiger partial charge in [-0.05, 0) is 39.3 Å². The zero-order valence-electron chi connectivity index (χ0n) is 9.95. The monoisotopic (exact) mass is 221 g/mol. The van der Waals surface area contributed by atoms with Crippen molar-refractivity contribution in [3.8, 4) is 0 Å². The van der Waals surface area contributed by atoms with Gasteiger partial charge in [0.25, 0.3) is 0 Å². The highest BCUT2D eigenvalue weighted by Crippen LogP contribution is 2.47. The summed E-state index contributed by atoms with van der Waals surface area (Å²) in [5, 5.41) is 0.599. The molecular weight excluding hydrogens is 202 g/mol. The normalized spacial score (nSPS) is 20.5. The topological polar surface area (TPSA) is 3.24 Å². The first-order valence-electron chi connectivity index (χ1n) is 5.59. The van der Waals surface area contributed by atoms with Crippen molar-refractivity contribution in [2.45, 2.75) is 49.9 Å². The Bertz CT molecular complexity index is 354. The van der Waals surface area contributed by atoms with Gasteiger partial charge in [0.15, 0.2) is 0 Å². The Morgan fingerprint density at radius 1 is 1.27 bits per heavy atom. The average Bonchev–Trinajstić information content (AvgIpc) is 2.54. The van der Waals surface area contributed by atoms with E-state index in [1.54, 1.807) is 0 Å². The van der Waals surface area contributed by atoms with Gasteiger partial charge in [0, 0.05) is 10.4 Å². The Morgan fingerprint density at radius 3 is 2.53 bits per heavy atom. The molecule has 0 spiro atoms. The van der Waals surface area contributed by atoms with Gasteiger partial charge < -0.3 is 4.90 Å². The third kappa shape index (κ3) is 1.87. The number of benzene rings is 1. The molecule has 0 aromatic heterocycles. The fourth-order valence-corrected chi connectivity index (χ4v) is 3.61. The van der Waals surface area contributed by atoms with Crippen molar-refractivity contribution in [2.75, 3.05) is 4.90 Å². The van der Waals surface area contributed by atoms with Crippen LogP contribution < -0.4 is 4.90 Å². The van der Waals surface area contributed by atoms with E-state index in [0.717, 1.165) is 0 Å². The third-order valence-electron chi connectivity index (χ3n) is 2.75. The Kier molecular flexibility index (Phi) is 2.72. The molecule has 1 aromatic carbocycles. The van der Waals surface area contributed by atoms with Crippen LogP contribution in [0.3, 0.4) is 0 Å². The molecule has 2 rings (SSSR count). The van der Waals surface area contributed by atoms with Gasteiger partial charge in [-0.3, -0.25) is 0 Å². The van der Waals surface area contributed by atoms with Gasteiger partial charge in [-0.1, -0.05) is 30.8 Å². The molecule has 1 nitrogen and oxygen atoms in total. The molecule has 0 saturated carbocycles. The standard InChI is InChI=1S/C13H19NS/c1-5-12-14(13(2,3)4)10-8-6-7-9-11(10)15-12/h6-9,12H,5H2,1-4H3. The number of para-hydroxylation sites is 1. The predicted molar refractivity (Wildman–Crippen MR) is 68.6 cm³/mol.